The van der Waals surface area contributed by atoms with Crippen LogP contribution in [-0.4, -0.2) is 106 Å². The quantitative estimate of drug-likeness (QED) is 0.209. The van der Waals surface area contributed by atoms with Crippen LogP contribution in [0.4, 0.5) is 4.39 Å². The van der Waals surface area contributed by atoms with E-state index in [1.54, 1.807) is 19.5 Å². The number of alkyl halides is 1. The van der Waals surface area contributed by atoms with Gasteiger partial charge in [-0.25, -0.2) is 9.37 Å². The Balaban J connectivity index is 0.00000234. The summed E-state index contributed by atoms with van der Waals surface area (Å²) < 4.78 is 25.1. The highest BCUT2D eigenvalue weighted by Gasteiger charge is 2.44. The zero-order chi connectivity index (χ0) is 32.2. The fraction of sp³-hybridized carbons (Fsp3) is 0.417. The summed E-state index contributed by atoms with van der Waals surface area (Å²) >= 11 is 0. The molecule has 3 aliphatic rings. The number of benzene rings is 2. The third-order valence-electron chi connectivity index (χ3n) is 9.42. The molecule has 2 saturated heterocycles. The van der Waals surface area contributed by atoms with Gasteiger partial charge in [-0.1, -0.05) is 60.7 Å². The van der Waals surface area contributed by atoms with Gasteiger partial charge in [0.05, 0.1) is 18.9 Å². The van der Waals surface area contributed by atoms with Gasteiger partial charge < -0.3 is 14.4 Å². The Bertz CT molecular complexity index is 1620. The Morgan fingerprint density at radius 2 is 1.61 bits per heavy atom. The van der Waals surface area contributed by atoms with Crippen LogP contribution in [0.25, 0.3) is 0 Å². The molecule has 2 aromatic carbocycles. The van der Waals surface area contributed by atoms with Crippen LogP contribution in [-0.2, 0) is 6.54 Å². The molecule has 2 unspecified atom stereocenters. The summed E-state index contributed by atoms with van der Waals surface area (Å²) in [6, 6.07) is 21.4. The number of ether oxygens (including phenoxy) is 2. The first kappa shape index (κ1) is 36.4. The summed E-state index contributed by atoms with van der Waals surface area (Å²) in [7, 11) is 1.61. The molecule has 0 spiro atoms. The molecule has 13 heteroatoms. The number of hydrogen-bond donors (Lipinski definition) is 0. The third-order valence-corrected chi connectivity index (χ3v) is 9.42. The molecule has 49 heavy (non-hydrogen) atoms. The van der Waals surface area contributed by atoms with Crippen LogP contribution in [0.1, 0.15) is 57.7 Å². The standard InChI is InChI=1S/C36H40FN7O3.2ClH/c1-46-34-29(35(47-19-14-37)41-33(40-34)27-12-13-27)23-42-21-28-22-43(36(45)30-20-38-15-16-39-30)17-18-44(28)31(24-42)32(25-8-4-2-5-9-25)26-10-6-3-7-11-26;;/h2-11,15-16,20,27-28,31-32H,12-14,17-19,21-24H2,1H3;2*1H. The highest BCUT2D eigenvalue weighted by molar-refractivity contribution is 5.92. The summed E-state index contributed by atoms with van der Waals surface area (Å²) in [5.74, 6) is 1.82. The smallest absolute Gasteiger partial charge is 0.274 e. The van der Waals surface area contributed by atoms with Gasteiger partial charge in [0, 0.05) is 75.6 Å². The number of aromatic nitrogens is 4. The average molecular weight is 711 g/mol. The van der Waals surface area contributed by atoms with Crippen molar-refractivity contribution in [2.75, 3.05) is 53.1 Å². The summed E-state index contributed by atoms with van der Waals surface area (Å²) in [6.07, 6.45) is 6.72. The van der Waals surface area contributed by atoms with Crippen molar-refractivity contribution in [3.05, 3.63) is 107 Å². The van der Waals surface area contributed by atoms with Crippen LogP contribution in [0.2, 0.25) is 0 Å². The third kappa shape index (κ3) is 8.12. The largest absolute Gasteiger partial charge is 0.481 e. The molecule has 4 aromatic rings. The first-order valence-electron chi connectivity index (χ1n) is 16.4. The number of carbonyl (C=O) groups excluding carboxylic acids is 1. The molecule has 2 aromatic heterocycles. The van der Waals surface area contributed by atoms with E-state index in [9.17, 15) is 9.18 Å². The van der Waals surface area contributed by atoms with Gasteiger partial charge in [0.25, 0.3) is 5.91 Å². The number of piperazine rings is 2. The van der Waals surface area contributed by atoms with E-state index >= 15 is 0 Å². The number of carbonyl (C=O) groups is 1. The molecule has 3 fully saturated rings. The second kappa shape index (κ2) is 16.7. The SMILES string of the molecule is COc1nc(C2CC2)nc(OCCF)c1CN1CC2CN(C(=O)c3cnccn3)CCN2C(C(c2ccccc2)c2ccccc2)C1.Cl.Cl. The lowest BCUT2D eigenvalue weighted by atomic mass is 9.81. The predicted molar refractivity (Wildman–Crippen MR) is 189 cm³/mol. The zero-order valence-corrected chi connectivity index (χ0v) is 29.1. The number of hydrogen-bond acceptors (Lipinski definition) is 9. The Labute approximate surface area is 298 Å². The second-order valence-electron chi connectivity index (χ2n) is 12.5. The van der Waals surface area contributed by atoms with Crippen LogP contribution in [0.15, 0.2) is 79.3 Å². The molecule has 1 aliphatic carbocycles. The number of rotatable bonds is 11. The van der Waals surface area contributed by atoms with Crippen LogP contribution in [0.5, 0.6) is 11.8 Å². The molecule has 10 nitrogen and oxygen atoms in total. The van der Waals surface area contributed by atoms with E-state index in [-0.39, 0.29) is 61.2 Å². The highest BCUT2D eigenvalue weighted by atomic mass is 35.5. The minimum Gasteiger partial charge on any atom is -0.481 e. The Morgan fingerprint density at radius 3 is 2.22 bits per heavy atom. The van der Waals surface area contributed by atoms with Crippen molar-refractivity contribution in [1.82, 2.24) is 34.6 Å². The van der Waals surface area contributed by atoms with Crippen LogP contribution in [0.3, 0.4) is 0 Å². The van der Waals surface area contributed by atoms with Crippen molar-refractivity contribution >= 4 is 30.7 Å². The maximum absolute atomic E-state index is 13.5. The first-order valence-corrected chi connectivity index (χ1v) is 16.4. The second-order valence-corrected chi connectivity index (χ2v) is 12.5. The number of amides is 1. The fourth-order valence-electron chi connectivity index (χ4n) is 7.12. The molecule has 4 heterocycles. The van der Waals surface area contributed by atoms with Gasteiger partial charge in [0.2, 0.25) is 11.8 Å². The lowest BCUT2D eigenvalue weighted by Gasteiger charge is -2.53. The lowest BCUT2D eigenvalue weighted by molar-refractivity contribution is -0.0293. The van der Waals surface area contributed by atoms with Gasteiger partial charge in [-0.2, -0.15) is 9.97 Å². The Kier molecular flexibility index (Phi) is 12.4. The Morgan fingerprint density at radius 1 is 0.918 bits per heavy atom. The average Bonchev–Trinajstić information content (AvgIpc) is 3.98. The summed E-state index contributed by atoms with van der Waals surface area (Å²) in [5, 5.41) is 0. The minimum absolute atomic E-state index is 0. The summed E-state index contributed by atoms with van der Waals surface area (Å²) in [5.41, 5.74) is 3.55. The van der Waals surface area contributed by atoms with Gasteiger partial charge in [-0.15, -0.1) is 24.8 Å². The number of nitrogens with zero attached hydrogens (tertiary/aromatic N) is 7. The van der Waals surface area contributed by atoms with Crippen LogP contribution in [0, 0.1) is 0 Å². The highest BCUT2D eigenvalue weighted by Crippen LogP contribution is 2.41. The molecule has 1 amide bonds. The van der Waals surface area contributed by atoms with E-state index in [1.165, 1.54) is 17.3 Å². The predicted octanol–water partition coefficient (Wildman–Crippen LogP) is 5.19. The molecule has 260 valence electrons. The number of halogens is 3. The maximum atomic E-state index is 13.5. The molecular formula is C36H42Cl2FN7O3. The lowest BCUT2D eigenvalue weighted by Crippen LogP contribution is -2.67. The van der Waals surface area contributed by atoms with Crippen molar-refractivity contribution < 1.29 is 18.7 Å². The van der Waals surface area contributed by atoms with Gasteiger partial charge in [-0.05, 0) is 24.0 Å². The van der Waals surface area contributed by atoms with E-state index in [0.29, 0.717) is 49.5 Å². The van der Waals surface area contributed by atoms with Crippen molar-refractivity contribution in [2.24, 2.45) is 0 Å². The maximum Gasteiger partial charge on any atom is 0.274 e. The van der Waals surface area contributed by atoms with Crippen LogP contribution >= 0.6 is 24.8 Å². The first-order chi connectivity index (χ1) is 23.1. The zero-order valence-electron chi connectivity index (χ0n) is 27.4. The van der Waals surface area contributed by atoms with E-state index < -0.39 is 6.67 Å². The van der Waals surface area contributed by atoms with Crippen molar-refractivity contribution in [3.63, 3.8) is 0 Å². The van der Waals surface area contributed by atoms with E-state index in [1.807, 2.05) is 4.90 Å². The monoisotopic (exact) mass is 709 g/mol. The van der Waals surface area contributed by atoms with Gasteiger partial charge in [0.15, 0.2) is 0 Å². The van der Waals surface area contributed by atoms with Crippen molar-refractivity contribution in [3.8, 4) is 11.8 Å². The molecular weight excluding hydrogens is 668 g/mol. The number of fused-ring (bicyclic) bond motifs is 1. The van der Waals surface area contributed by atoms with Crippen molar-refractivity contribution in [2.45, 2.75) is 43.3 Å². The molecule has 0 radical (unpaired) electrons. The molecule has 7 rings (SSSR count). The number of methoxy groups -OCH3 is 1. The molecule has 2 aliphatic heterocycles. The van der Waals surface area contributed by atoms with Crippen LogP contribution < -0.4 is 9.47 Å². The summed E-state index contributed by atoms with van der Waals surface area (Å²) in [6.45, 7) is 3.11. The minimum atomic E-state index is -0.612. The van der Waals surface area contributed by atoms with Gasteiger partial charge in [0.1, 0.15) is 24.8 Å². The topological polar surface area (TPSA) is 96.8 Å². The van der Waals surface area contributed by atoms with E-state index in [4.69, 9.17) is 19.4 Å². The molecule has 2 atom stereocenters. The van der Waals surface area contributed by atoms with Gasteiger partial charge >= 0.3 is 0 Å². The van der Waals surface area contributed by atoms with Gasteiger partial charge in [-0.3, -0.25) is 19.6 Å². The summed E-state index contributed by atoms with van der Waals surface area (Å²) in [4.78, 5) is 38.4. The van der Waals surface area contributed by atoms with Crippen molar-refractivity contribution in [1.29, 1.82) is 0 Å². The van der Waals surface area contributed by atoms with E-state index in [0.717, 1.165) is 31.5 Å². The normalized spacial score (nSPS) is 19.4. The molecule has 0 bridgehead atoms. The van der Waals surface area contributed by atoms with E-state index in [2.05, 4.69) is 80.4 Å². The molecule has 1 saturated carbocycles. The fourth-order valence-corrected chi connectivity index (χ4v) is 7.12. The Hall–Kier alpha value is -3.90. The molecule has 0 N–H and O–H groups in total.